The van der Waals surface area contributed by atoms with Crippen molar-refractivity contribution in [2.45, 2.75) is 51.9 Å². The normalized spacial score (nSPS) is 15.5. The minimum atomic E-state index is -1.13. The second-order valence-electron chi connectivity index (χ2n) is 9.13. The van der Waals surface area contributed by atoms with E-state index in [1.165, 1.54) is 4.90 Å². The van der Waals surface area contributed by atoms with Crippen LogP contribution in [0.15, 0.2) is 72.8 Å². The zero-order valence-electron chi connectivity index (χ0n) is 20.4. The van der Waals surface area contributed by atoms with Crippen LogP contribution in [0.5, 0.6) is 0 Å². The van der Waals surface area contributed by atoms with Gasteiger partial charge < -0.3 is 15.2 Å². The lowest BCUT2D eigenvalue weighted by Gasteiger charge is -2.35. The molecule has 0 fully saturated rings. The molecule has 0 aromatic heterocycles. The van der Waals surface area contributed by atoms with Crippen molar-refractivity contribution in [3.63, 3.8) is 0 Å². The van der Waals surface area contributed by atoms with Crippen LogP contribution < -0.4 is 5.32 Å². The molecule has 0 bridgehead atoms. The minimum Gasteiger partial charge on any atom is -0.480 e. The third-order valence-electron chi connectivity index (χ3n) is 6.66. The molecule has 3 aromatic rings. The summed E-state index contributed by atoms with van der Waals surface area (Å²) in [6.07, 6.45) is -0.186. The number of carbonyl (C=O) groups excluding carboxylic acids is 2. The van der Waals surface area contributed by atoms with Crippen molar-refractivity contribution in [3.05, 3.63) is 106 Å². The van der Waals surface area contributed by atoms with Crippen LogP contribution in [0.1, 0.15) is 33.4 Å². The molecule has 0 unspecified atom stereocenters. The Morgan fingerprint density at radius 1 is 0.944 bits per heavy atom. The number of amides is 2. The minimum absolute atomic E-state index is 0.0798. The molecule has 1 aliphatic rings. The monoisotopic (exact) mass is 486 g/mol. The Kier molecular flexibility index (Phi) is 7.68. The van der Waals surface area contributed by atoms with Crippen LogP contribution in [0.25, 0.3) is 0 Å². The number of aliphatic carboxylic acids is 1. The predicted octanol–water partition coefficient (Wildman–Crippen LogP) is 4.18. The number of carbonyl (C=O) groups is 3. The Hall–Kier alpha value is -4.13. The molecule has 2 atom stereocenters. The van der Waals surface area contributed by atoms with Gasteiger partial charge in [-0.3, -0.25) is 9.69 Å². The molecule has 36 heavy (non-hydrogen) atoms. The summed E-state index contributed by atoms with van der Waals surface area (Å²) in [5, 5.41) is 12.6. The second-order valence-corrected chi connectivity index (χ2v) is 9.13. The lowest BCUT2D eigenvalue weighted by molar-refractivity contribution is -0.142. The number of hydrogen-bond acceptors (Lipinski definition) is 4. The standard InChI is InChI=1S/C29H30N2O5/c1-19-9-8-10-20(2)24(19)16-25(28(33)34)30-27(32)26-15-22-13-6-7-14-23(22)17-31(26)29(35)36-18-21-11-4-3-5-12-21/h3-14,25-26H,15-18H2,1-2H3,(H,30,32)(H,33,34)/t25-,26+/m1/s1. The van der Waals surface area contributed by atoms with Crippen LogP contribution in [0.2, 0.25) is 0 Å². The van der Waals surface area contributed by atoms with Crippen molar-refractivity contribution >= 4 is 18.0 Å². The summed E-state index contributed by atoms with van der Waals surface area (Å²) in [6, 6.07) is 20.7. The highest BCUT2D eigenvalue weighted by atomic mass is 16.6. The first kappa shape index (κ1) is 25.0. The summed E-state index contributed by atoms with van der Waals surface area (Å²) in [5.74, 6) is -1.64. The highest BCUT2D eigenvalue weighted by molar-refractivity contribution is 5.90. The van der Waals surface area contributed by atoms with E-state index in [1.54, 1.807) is 0 Å². The summed E-state index contributed by atoms with van der Waals surface area (Å²) in [7, 11) is 0. The van der Waals surface area contributed by atoms with E-state index in [4.69, 9.17) is 4.74 Å². The molecular weight excluding hydrogens is 456 g/mol. The molecule has 2 amide bonds. The SMILES string of the molecule is Cc1cccc(C)c1C[C@@H](NC(=O)[C@@H]1Cc2ccccc2CN1C(=O)OCc1ccccc1)C(=O)O. The topological polar surface area (TPSA) is 95.9 Å². The molecule has 7 nitrogen and oxygen atoms in total. The predicted molar refractivity (Wildman–Crippen MR) is 135 cm³/mol. The average Bonchev–Trinajstić information content (AvgIpc) is 2.88. The highest BCUT2D eigenvalue weighted by Gasteiger charge is 2.37. The van der Waals surface area contributed by atoms with E-state index in [0.29, 0.717) is 0 Å². The van der Waals surface area contributed by atoms with Gasteiger partial charge in [0.1, 0.15) is 18.7 Å². The third-order valence-corrected chi connectivity index (χ3v) is 6.66. The van der Waals surface area contributed by atoms with E-state index in [0.717, 1.165) is 33.4 Å². The summed E-state index contributed by atoms with van der Waals surface area (Å²) in [6.45, 7) is 4.13. The number of nitrogens with one attached hydrogen (secondary N) is 1. The number of carboxylic acids is 1. The van der Waals surface area contributed by atoms with Crippen molar-refractivity contribution in [2.75, 3.05) is 0 Å². The van der Waals surface area contributed by atoms with Gasteiger partial charge in [0, 0.05) is 12.8 Å². The Morgan fingerprint density at radius 2 is 1.58 bits per heavy atom. The third kappa shape index (κ3) is 5.74. The maximum atomic E-state index is 13.4. The van der Waals surface area contributed by atoms with E-state index in [9.17, 15) is 19.5 Å². The molecule has 0 saturated carbocycles. The van der Waals surface area contributed by atoms with Gasteiger partial charge in [0.25, 0.3) is 0 Å². The lowest BCUT2D eigenvalue weighted by atomic mass is 9.93. The molecule has 1 heterocycles. The van der Waals surface area contributed by atoms with Gasteiger partial charge in [0.15, 0.2) is 0 Å². The number of carboxylic acid groups (broad SMARTS) is 1. The van der Waals surface area contributed by atoms with Gasteiger partial charge >= 0.3 is 12.1 Å². The Balaban J connectivity index is 1.54. The number of fused-ring (bicyclic) bond motifs is 1. The molecule has 1 aliphatic heterocycles. The molecule has 3 aromatic carbocycles. The van der Waals surface area contributed by atoms with Crippen LogP contribution in [0.4, 0.5) is 4.79 Å². The Labute approximate surface area is 210 Å². The van der Waals surface area contributed by atoms with Crippen LogP contribution >= 0.6 is 0 Å². The van der Waals surface area contributed by atoms with Crippen LogP contribution in [0, 0.1) is 13.8 Å². The van der Waals surface area contributed by atoms with Crippen molar-refractivity contribution in [1.29, 1.82) is 0 Å². The van der Waals surface area contributed by atoms with E-state index < -0.39 is 30.1 Å². The molecule has 0 radical (unpaired) electrons. The summed E-state index contributed by atoms with van der Waals surface area (Å²) in [4.78, 5) is 40.0. The number of benzene rings is 3. The van der Waals surface area contributed by atoms with E-state index >= 15 is 0 Å². The quantitative estimate of drug-likeness (QED) is 0.522. The Bertz CT molecular complexity index is 1240. The molecule has 0 spiro atoms. The van der Waals surface area contributed by atoms with Gasteiger partial charge in [0.2, 0.25) is 5.91 Å². The first-order valence-electron chi connectivity index (χ1n) is 12.0. The van der Waals surface area contributed by atoms with Crippen molar-refractivity contribution < 1.29 is 24.2 Å². The average molecular weight is 487 g/mol. The van der Waals surface area contributed by atoms with Crippen LogP contribution in [0.3, 0.4) is 0 Å². The fraction of sp³-hybridized carbons (Fsp3) is 0.276. The van der Waals surface area contributed by atoms with E-state index in [-0.39, 0.29) is 26.0 Å². The highest BCUT2D eigenvalue weighted by Crippen LogP contribution is 2.25. The van der Waals surface area contributed by atoms with Gasteiger partial charge in [-0.2, -0.15) is 0 Å². The van der Waals surface area contributed by atoms with E-state index in [2.05, 4.69) is 5.32 Å². The van der Waals surface area contributed by atoms with Crippen molar-refractivity contribution in [2.24, 2.45) is 0 Å². The van der Waals surface area contributed by atoms with Gasteiger partial charge in [-0.15, -0.1) is 0 Å². The number of hydrogen-bond donors (Lipinski definition) is 2. The number of rotatable bonds is 7. The number of nitrogens with zero attached hydrogens (tertiary/aromatic N) is 1. The largest absolute Gasteiger partial charge is 0.480 e. The molecule has 2 N–H and O–H groups in total. The lowest BCUT2D eigenvalue weighted by Crippen LogP contribution is -2.56. The van der Waals surface area contributed by atoms with Gasteiger partial charge in [-0.1, -0.05) is 72.8 Å². The molecule has 7 heteroatoms. The Morgan fingerprint density at radius 3 is 2.25 bits per heavy atom. The van der Waals surface area contributed by atoms with Gasteiger partial charge in [-0.05, 0) is 47.2 Å². The zero-order chi connectivity index (χ0) is 25.7. The smallest absolute Gasteiger partial charge is 0.411 e. The molecular formula is C29H30N2O5. The second kappa shape index (κ2) is 11.1. The number of aryl methyl sites for hydroxylation is 2. The molecule has 4 rings (SSSR count). The fourth-order valence-electron chi connectivity index (χ4n) is 4.59. The molecule has 186 valence electrons. The number of ether oxygens (including phenoxy) is 1. The zero-order valence-corrected chi connectivity index (χ0v) is 20.4. The van der Waals surface area contributed by atoms with Crippen LogP contribution in [-0.4, -0.2) is 40.1 Å². The first-order valence-corrected chi connectivity index (χ1v) is 12.0. The summed E-state index contributed by atoms with van der Waals surface area (Å²) in [5.41, 5.74) is 5.54. The first-order chi connectivity index (χ1) is 17.3. The maximum absolute atomic E-state index is 13.4. The molecule has 0 saturated heterocycles. The van der Waals surface area contributed by atoms with Crippen LogP contribution in [-0.2, 0) is 40.3 Å². The van der Waals surface area contributed by atoms with Crippen molar-refractivity contribution in [3.8, 4) is 0 Å². The summed E-state index contributed by atoms with van der Waals surface area (Å²) < 4.78 is 5.53. The summed E-state index contributed by atoms with van der Waals surface area (Å²) >= 11 is 0. The van der Waals surface area contributed by atoms with E-state index in [1.807, 2.05) is 86.6 Å². The van der Waals surface area contributed by atoms with Crippen molar-refractivity contribution in [1.82, 2.24) is 10.2 Å². The molecule has 0 aliphatic carbocycles. The maximum Gasteiger partial charge on any atom is 0.411 e. The van der Waals surface area contributed by atoms with Gasteiger partial charge in [0.05, 0.1) is 6.54 Å². The van der Waals surface area contributed by atoms with Gasteiger partial charge in [-0.25, -0.2) is 9.59 Å². The fourth-order valence-corrected chi connectivity index (χ4v) is 4.59.